The Kier molecular flexibility index (Phi) is 3.47. The van der Waals surface area contributed by atoms with Gasteiger partial charge in [0, 0.05) is 16.9 Å². The maximum absolute atomic E-state index is 5.68. The van der Waals surface area contributed by atoms with Crippen LogP contribution in [0.4, 0.5) is 0 Å². The van der Waals surface area contributed by atoms with Crippen LogP contribution in [0.25, 0.3) is 0 Å². The number of aromatic nitrogens is 1. The van der Waals surface area contributed by atoms with Crippen LogP contribution in [0.1, 0.15) is 36.6 Å². The summed E-state index contributed by atoms with van der Waals surface area (Å²) in [6.45, 7) is 5.22. The van der Waals surface area contributed by atoms with Crippen molar-refractivity contribution in [3.05, 3.63) is 16.1 Å². The Hall–Kier alpha value is -0.0600. The Morgan fingerprint density at radius 3 is 3.00 bits per heavy atom. The number of ether oxygens (including phenoxy) is 1. The largest absolute Gasteiger partial charge is 0.369 e. The lowest BCUT2D eigenvalue weighted by Gasteiger charge is -2.19. The highest BCUT2D eigenvalue weighted by Gasteiger charge is 2.20. The zero-order valence-electron chi connectivity index (χ0n) is 8.53. The fourth-order valence-electron chi connectivity index (χ4n) is 1.34. The quantitative estimate of drug-likeness (QED) is 0.778. The van der Waals surface area contributed by atoms with Crippen LogP contribution < -0.4 is 0 Å². The fourth-order valence-corrected chi connectivity index (χ4v) is 3.33. The van der Waals surface area contributed by atoms with Gasteiger partial charge in [0.15, 0.2) is 0 Å². The molecule has 0 radical (unpaired) electrons. The van der Waals surface area contributed by atoms with Gasteiger partial charge in [-0.05, 0) is 5.92 Å². The minimum atomic E-state index is 0.242. The van der Waals surface area contributed by atoms with Crippen LogP contribution >= 0.6 is 23.1 Å². The molecule has 1 aliphatic heterocycles. The molecule has 2 rings (SSSR count). The molecule has 0 aromatic carbocycles. The molecule has 0 saturated carbocycles. The summed E-state index contributed by atoms with van der Waals surface area (Å²) in [7, 11) is 0. The van der Waals surface area contributed by atoms with Crippen LogP contribution in [0.5, 0.6) is 0 Å². The topological polar surface area (TPSA) is 22.1 Å². The zero-order valence-corrected chi connectivity index (χ0v) is 10.2. The van der Waals surface area contributed by atoms with E-state index in [9.17, 15) is 0 Å². The van der Waals surface area contributed by atoms with Crippen molar-refractivity contribution in [2.75, 3.05) is 18.1 Å². The summed E-state index contributed by atoms with van der Waals surface area (Å²) in [6, 6.07) is 0. The van der Waals surface area contributed by atoms with Gasteiger partial charge >= 0.3 is 0 Å². The Balaban J connectivity index is 2.07. The molecule has 14 heavy (non-hydrogen) atoms. The van der Waals surface area contributed by atoms with Crippen LogP contribution in [-0.4, -0.2) is 23.1 Å². The predicted molar refractivity (Wildman–Crippen MR) is 62.2 cm³/mol. The van der Waals surface area contributed by atoms with Crippen molar-refractivity contribution in [2.24, 2.45) is 0 Å². The van der Waals surface area contributed by atoms with Crippen LogP contribution in [0.2, 0.25) is 0 Å². The van der Waals surface area contributed by atoms with E-state index in [4.69, 9.17) is 4.74 Å². The number of thioether (sulfide) groups is 1. The number of nitrogens with zero attached hydrogens (tertiary/aromatic N) is 1. The Bertz CT molecular complexity index is 292. The molecule has 2 heterocycles. The smallest absolute Gasteiger partial charge is 0.123 e. The number of hydrogen-bond donors (Lipinski definition) is 0. The monoisotopic (exact) mass is 229 g/mol. The average molecular weight is 229 g/mol. The van der Waals surface area contributed by atoms with Crippen molar-refractivity contribution in [3.8, 4) is 0 Å². The molecule has 4 heteroatoms. The molecule has 0 bridgehead atoms. The summed E-state index contributed by atoms with van der Waals surface area (Å²) in [5.41, 5.74) is 1.20. The maximum atomic E-state index is 5.68. The molecule has 1 atom stereocenters. The van der Waals surface area contributed by atoms with Gasteiger partial charge in [-0.25, -0.2) is 4.98 Å². The fraction of sp³-hybridized carbons (Fsp3) is 0.700. The summed E-state index contributed by atoms with van der Waals surface area (Å²) < 4.78 is 5.68. The van der Waals surface area contributed by atoms with Gasteiger partial charge in [-0.1, -0.05) is 13.8 Å². The van der Waals surface area contributed by atoms with E-state index in [0.717, 1.165) is 23.1 Å². The molecule has 1 aliphatic rings. The van der Waals surface area contributed by atoms with Crippen molar-refractivity contribution in [1.29, 1.82) is 0 Å². The Labute approximate surface area is 93.1 Å². The second kappa shape index (κ2) is 4.64. The molecule has 1 fully saturated rings. The molecular formula is C10H15NOS2. The van der Waals surface area contributed by atoms with Crippen molar-refractivity contribution in [1.82, 2.24) is 4.98 Å². The number of rotatable bonds is 2. The van der Waals surface area contributed by atoms with Crippen molar-refractivity contribution >= 4 is 23.1 Å². The van der Waals surface area contributed by atoms with Crippen LogP contribution in [0.3, 0.4) is 0 Å². The van der Waals surface area contributed by atoms with Gasteiger partial charge in [-0.2, -0.15) is 11.8 Å². The summed E-state index contributed by atoms with van der Waals surface area (Å²) >= 11 is 3.69. The van der Waals surface area contributed by atoms with Gasteiger partial charge < -0.3 is 4.74 Å². The minimum Gasteiger partial charge on any atom is -0.369 e. The minimum absolute atomic E-state index is 0.242. The van der Waals surface area contributed by atoms with E-state index in [2.05, 4.69) is 24.2 Å². The van der Waals surface area contributed by atoms with Gasteiger partial charge in [0.05, 0.1) is 12.3 Å². The van der Waals surface area contributed by atoms with E-state index in [1.165, 1.54) is 5.69 Å². The van der Waals surface area contributed by atoms with E-state index in [0.29, 0.717) is 5.92 Å². The lowest BCUT2D eigenvalue weighted by Crippen LogP contribution is -2.15. The molecule has 2 nitrogen and oxygen atoms in total. The summed E-state index contributed by atoms with van der Waals surface area (Å²) in [4.78, 5) is 4.61. The summed E-state index contributed by atoms with van der Waals surface area (Å²) in [5.74, 6) is 2.71. The first-order chi connectivity index (χ1) is 6.77. The molecular weight excluding hydrogens is 214 g/mol. The maximum Gasteiger partial charge on any atom is 0.123 e. The van der Waals surface area contributed by atoms with Crippen LogP contribution in [0, 0.1) is 0 Å². The second-order valence-corrected chi connectivity index (χ2v) is 5.74. The third-order valence-corrected chi connectivity index (χ3v) is 4.17. The molecule has 1 saturated heterocycles. The summed E-state index contributed by atoms with van der Waals surface area (Å²) in [6.07, 6.45) is 0.242. The highest BCUT2D eigenvalue weighted by molar-refractivity contribution is 7.99. The Morgan fingerprint density at radius 1 is 1.57 bits per heavy atom. The molecule has 1 unspecified atom stereocenters. The Morgan fingerprint density at radius 2 is 2.43 bits per heavy atom. The third-order valence-electron chi connectivity index (χ3n) is 2.22. The van der Waals surface area contributed by atoms with Gasteiger partial charge in [-0.15, -0.1) is 11.3 Å². The normalized spacial score (nSPS) is 22.9. The van der Waals surface area contributed by atoms with Gasteiger partial charge in [0.1, 0.15) is 11.1 Å². The predicted octanol–water partition coefficient (Wildman–Crippen LogP) is 3.07. The van der Waals surface area contributed by atoms with Crippen LogP contribution in [0.15, 0.2) is 5.38 Å². The molecule has 78 valence electrons. The SMILES string of the molecule is CC(C)c1csc(C2CSCCO2)n1. The van der Waals surface area contributed by atoms with Gasteiger partial charge in [0.2, 0.25) is 0 Å². The van der Waals surface area contributed by atoms with Gasteiger partial charge in [-0.3, -0.25) is 0 Å². The van der Waals surface area contributed by atoms with E-state index >= 15 is 0 Å². The highest BCUT2D eigenvalue weighted by Crippen LogP contribution is 2.30. The van der Waals surface area contributed by atoms with Crippen LogP contribution in [-0.2, 0) is 4.74 Å². The molecule has 0 amide bonds. The third kappa shape index (κ3) is 2.30. The molecule has 1 aromatic heterocycles. The van der Waals surface area contributed by atoms with E-state index in [1.54, 1.807) is 11.3 Å². The standard InChI is InChI=1S/C10H15NOS2/c1-7(2)8-5-14-10(11-8)9-6-13-4-3-12-9/h5,7,9H,3-4,6H2,1-2H3. The first kappa shape index (κ1) is 10.5. The first-order valence-corrected chi connectivity index (χ1v) is 6.95. The first-order valence-electron chi connectivity index (χ1n) is 4.92. The van der Waals surface area contributed by atoms with Crippen molar-refractivity contribution in [2.45, 2.75) is 25.9 Å². The molecule has 0 N–H and O–H groups in total. The average Bonchev–Trinajstić information content (AvgIpc) is 2.68. The summed E-state index contributed by atoms with van der Waals surface area (Å²) in [5, 5.41) is 3.31. The van der Waals surface area contributed by atoms with Gasteiger partial charge in [0.25, 0.3) is 0 Å². The number of hydrogen-bond acceptors (Lipinski definition) is 4. The zero-order chi connectivity index (χ0) is 9.97. The molecule has 0 aliphatic carbocycles. The van der Waals surface area contributed by atoms with Crippen molar-refractivity contribution < 1.29 is 4.74 Å². The van der Waals surface area contributed by atoms with Crippen molar-refractivity contribution in [3.63, 3.8) is 0 Å². The van der Waals surface area contributed by atoms with E-state index < -0.39 is 0 Å². The number of thiazole rings is 1. The lowest BCUT2D eigenvalue weighted by atomic mass is 10.2. The van der Waals surface area contributed by atoms with E-state index in [1.807, 2.05) is 11.8 Å². The molecule has 1 aromatic rings. The highest BCUT2D eigenvalue weighted by atomic mass is 32.2. The molecule has 0 spiro atoms. The van der Waals surface area contributed by atoms with E-state index in [-0.39, 0.29) is 6.10 Å². The lowest BCUT2D eigenvalue weighted by molar-refractivity contribution is 0.0754. The second-order valence-electron chi connectivity index (χ2n) is 3.70.